The molecule has 14 heavy (non-hydrogen) atoms. The second-order valence-electron chi connectivity index (χ2n) is 5.22. The Hall–Kier alpha value is -0.0800. The van der Waals surface area contributed by atoms with E-state index >= 15 is 0 Å². The summed E-state index contributed by atoms with van der Waals surface area (Å²) in [5.74, 6) is 1.56. The number of rotatable bonds is 4. The Balaban J connectivity index is 2.13. The van der Waals surface area contributed by atoms with Crippen LogP contribution in [0, 0.1) is 11.8 Å². The standard InChI is InChI=1S/C12H26N2/c1-10(2)12(13)6-9-14-7-4-11(3)5-8-14/h10-12H,4-9,13H2,1-3H3/t12-/m0/s1. The molecule has 0 amide bonds. The molecule has 0 aromatic carbocycles. The van der Waals surface area contributed by atoms with Crippen molar-refractivity contribution >= 4 is 0 Å². The first kappa shape index (κ1) is 12.0. The van der Waals surface area contributed by atoms with Crippen LogP contribution in [0.25, 0.3) is 0 Å². The first-order valence-corrected chi connectivity index (χ1v) is 6.07. The minimum Gasteiger partial charge on any atom is -0.327 e. The zero-order valence-electron chi connectivity index (χ0n) is 10.00. The second kappa shape index (κ2) is 5.72. The largest absolute Gasteiger partial charge is 0.327 e. The zero-order valence-corrected chi connectivity index (χ0v) is 10.00. The van der Waals surface area contributed by atoms with Gasteiger partial charge in [0.15, 0.2) is 0 Å². The summed E-state index contributed by atoms with van der Waals surface area (Å²) in [6, 6.07) is 0.384. The van der Waals surface area contributed by atoms with Gasteiger partial charge in [-0.2, -0.15) is 0 Å². The minimum absolute atomic E-state index is 0.384. The number of nitrogens with zero attached hydrogens (tertiary/aromatic N) is 1. The van der Waals surface area contributed by atoms with Crippen molar-refractivity contribution < 1.29 is 0 Å². The maximum atomic E-state index is 6.03. The topological polar surface area (TPSA) is 29.3 Å². The third-order valence-corrected chi connectivity index (χ3v) is 3.51. The molecule has 1 aliphatic heterocycles. The normalized spacial score (nSPS) is 22.9. The van der Waals surface area contributed by atoms with Crippen LogP contribution in [0.15, 0.2) is 0 Å². The van der Waals surface area contributed by atoms with Gasteiger partial charge in [-0.15, -0.1) is 0 Å². The third-order valence-electron chi connectivity index (χ3n) is 3.51. The quantitative estimate of drug-likeness (QED) is 0.749. The summed E-state index contributed by atoms with van der Waals surface area (Å²) in [5, 5.41) is 0. The first-order valence-electron chi connectivity index (χ1n) is 6.07. The highest BCUT2D eigenvalue weighted by Crippen LogP contribution is 2.16. The van der Waals surface area contributed by atoms with Gasteiger partial charge in [-0.05, 0) is 50.7 Å². The summed E-state index contributed by atoms with van der Waals surface area (Å²) in [5.41, 5.74) is 6.03. The Bertz CT molecular complexity index is 148. The average Bonchev–Trinajstić information content (AvgIpc) is 2.16. The van der Waals surface area contributed by atoms with Gasteiger partial charge in [-0.25, -0.2) is 0 Å². The van der Waals surface area contributed by atoms with Crippen molar-refractivity contribution in [3.63, 3.8) is 0 Å². The van der Waals surface area contributed by atoms with Crippen molar-refractivity contribution in [2.45, 2.75) is 46.1 Å². The van der Waals surface area contributed by atoms with Crippen molar-refractivity contribution in [1.29, 1.82) is 0 Å². The van der Waals surface area contributed by atoms with E-state index in [0.717, 1.165) is 12.3 Å². The number of likely N-dealkylation sites (tertiary alicyclic amines) is 1. The summed E-state index contributed by atoms with van der Waals surface area (Å²) >= 11 is 0. The van der Waals surface area contributed by atoms with E-state index in [4.69, 9.17) is 5.73 Å². The summed E-state index contributed by atoms with van der Waals surface area (Å²) < 4.78 is 0. The molecular weight excluding hydrogens is 172 g/mol. The van der Waals surface area contributed by atoms with E-state index in [2.05, 4.69) is 25.7 Å². The highest BCUT2D eigenvalue weighted by molar-refractivity contribution is 4.72. The molecular formula is C12H26N2. The fourth-order valence-corrected chi connectivity index (χ4v) is 1.95. The highest BCUT2D eigenvalue weighted by Gasteiger charge is 2.16. The summed E-state index contributed by atoms with van der Waals surface area (Å²) in [6.07, 6.45) is 3.90. The molecule has 0 aliphatic carbocycles. The Morgan fingerprint density at radius 1 is 1.29 bits per heavy atom. The van der Waals surface area contributed by atoms with Gasteiger partial charge in [0.05, 0.1) is 0 Å². The zero-order chi connectivity index (χ0) is 10.6. The molecule has 1 atom stereocenters. The van der Waals surface area contributed by atoms with Crippen LogP contribution >= 0.6 is 0 Å². The van der Waals surface area contributed by atoms with Crippen LogP contribution < -0.4 is 5.73 Å². The van der Waals surface area contributed by atoms with Crippen molar-refractivity contribution in [3.05, 3.63) is 0 Å². The molecule has 0 spiro atoms. The van der Waals surface area contributed by atoms with E-state index < -0.39 is 0 Å². The molecule has 0 saturated carbocycles. The van der Waals surface area contributed by atoms with Crippen molar-refractivity contribution in [2.75, 3.05) is 19.6 Å². The molecule has 2 N–H and O–H groups in total. The molecule has 1 rings (SSSR count). The molecule has 1 aliphatic rings. The Kier molecular flexibility index (Phi) is 4.90. The molecule has 1 heterocycles. The smallest absolute Gasteiger partial charge is 0.00740 e. The van der Waals surface area contributed by atoms with Crippen LogP contribution in [0.5, 0.6) is 0 Å². The maximum Gasteiger partial charge on any atom is 0.00740 e. The minimum atomic E-state index is 0.384. The van der Waals surface area contributed by atoms with Crippen LogP contribution in [0.3, 0.4) is 0 Å². The molecule has 0 unspecified atom stereocenters. The Labute approximate surface area is 88.8 Å². The van der Waals surface area contributed by atoms with Crippen LogP contribution in [0.2, 0.25) is 0 Å². The fraction of sp³-hybridized carbons (Fsp3) is 1.00. The summed E-state index contributed by atoms with van der Waals surface area (Å²) in [7, 11) is 0. The molecule has 0 radical (unpaired) electrons. The SMILES string of the molecule is CC1CCN(CC[C@H](N)C(C)C)CC1. The second-order valence-corrected chi connectivity index (χ2v) is 5.22. The van der Waals surface area contributed by atoms with E-state index in [1.165, 1.54) is 32.5 Å². The van der Waals surface area contributed by atoms with Gasteiger partial charge in [-0.3, -0.25) is 0 Å². The van der Waals surface area contributed by atoms with Crippen LogP contribution in [-0.2, 0) is 0 Å². The monoisotopic (exact) mass is 198 g/mol. The molecule has 1 saturated heterocycles. The molecule has 0 bridgehead atoms. The highest BCUT2D eigenvalue weighted by atomic mass is 15.1. The number of piperidine rings is 1. The predicted molar refractivity (Wildman–Crippen MR) is 62.3 cm³/mol. The molecule has 2 nitrogen and oxygen atoms in total. The first-order chi connectivity index (χ1) is 6.59. The van der Waals surface area contributed by atoms with E-state index in [1.807, 2.05) is 0 Å². The van der Waals surface area contributed by atoms with Crippen molar-refractivity contribution in [3.8, 4) is 0 Å². The summed E-state index contributed by atoms with van der Waals surface area (Å²) in [6.45, 7) is 10.5. The Morgan fingerprint density at radius 2 is 1.86 bits per heavy atom. The van der Waals surface area contributed by atoms with Gasteiger partial charge in [0.2, 0.25) is 0 Å². The molecule has 0 aromatic heterocycles. The lowest BCUT2D eigenvalue weighted by atomic mass is 9.97. The summed E-state index contributed by atoms with van der Waals surface area (Å²) in [4.78, 5) is 2.57. The van der Waals surface area contributed by atoms with E-state index in [9.17, 15) is 0 Å². The van der Waals surface area contributed by atoms with Gasteiger partial charge < -0.3 is 10.6 Å². The van der Waals surface area contributed by atoms with Crippen LogP contribution in [-0.4, -0.2) is 30.6 Å². The van der Waals surface area contributed by atoms with Crippen LogP contribution in [0.4, 0.5) is 0 Å². The Morgan fingerprint density at radius 3 is 2.36 bits per heavy atom. The van der Waals surface area contributed by atoms with Gasteiger partial charge >= 0.3 is 0 Å². The lowest BCUT2D eigenvalue weighted by Gasteiger charge is -2.31. The number of hydrogen-bond donors (Lipinski definition) is 1. The van der Waals surface area contributed by atoms with Gasteiger partial charge in [0.25, 0.3) is 0 Å². The van der Waals surface area contributed by atoms with Gasteiger partial charge in [0.1, 0.15) is 0 Å². The fourth-order valence-electron chi connectivity index (χ4n) is 1.95. The predicted octanol–water partition coefficient (Wildman–Crippen LogP) is 2.09. The van der Waals surface area contributed by atoms with Gasteiger partial charge in [0, 0.05) is 6.04 Å². The lowest BCUT2D eigenvalue weighted by Crippen LogP contribution is -2.37. The lowest BCUT2D eigenvalue weighted by molar-refractivity contribution is 0.183. The van der Waals surface area contributed by atoms with E-state index in [0.29, 0.717) is 12.0 Å². The van der Waals surface area contributed by atoms with Gasteiger partial charge in [-0.1, -0.05) is 20.8 Å². The third kappa shape index (κ3) is 3.97. The van der Waals surface area contributed by atoms with Crippen molar-refractivity contribution in [2.24, 2.45) is 17.6 Å². The molecule has 2 heteroatoms. The number of nitrogens with two attached hydrogens (primary N) is 1. The molecule has 84 valence electrons. The molecule has 1 fully saturated rings. The number of hydrogen-bond acceptors (Lipinski definition) is 2. The average molecular weight is 198 g/mol. The van der Waals surface area contributed by atoms with E-state index in [1.54, 1.807) is 0 Å². The van der Waals surface area contributed by atoms with Crippen molar-refractivity contribution in [1.82, 2.24) is 4.90 Å². The maximum absolute atomic E-state index is 6.03. The van der Waals surface area contributed by atoms with Crippen LogP contribution in [0.1, 0.15) is 40.0 Å². The van der Waals surface area contributed by atoms with E-state index in [-0.39, 0.29) is 0 Å². The molecule has 0 aromatic rings.